The largest absolute Gasteiger partial charge is 0.756 e. The molecule has 0 saturated heterocycles. The molecular formula is C77H147N2O7P. The predicted octanol–water partition coefficient (Wildman–Crippen LogP) is 23.7. The molecule has 0 bridgehead atoms. The van der Waals surface area contributed by atoms with Crippen LogP contribution in [0.4, 0.5) is 0 Å². The highest BCUT2D eigenvalue weighted by molar-refractivity contribution is 7.45. The van der Waals surface area contributed by atoms with Crippen molar-refractivity contribution in [1.82, 2.24) is 5.32 Å². The summed E-state index contributed by atoms with van der Waals surface area (Å²) < 4.78 is 30.5. The van der Waals surface area contributed by atoms with Crippen LogP contribution >= 0.6 is 7.82 Å². The number of rotatable bonds is 70. The summed E-state index contributed by atoms with van der Waals surface area (Å²) in [7, 11) is 1.20. The first kappa shape index (κ1) is 85.0. The maximum atomic E-state index is 13.6. The number of hydrogen-bond acceptors (Lipinski definition) is 7. The average Bonchev–Trinajstić information content (AvgIpc) is 3.70. The van der Waals surface area contributed by atoms with Crippen LogP contribution in [-0.2, 0) is 27.9 Å². The molecule has 0 saturated carbocycles. The van der Waals surface area contributed by atoms with E-state index in [0.29, 0.717) is 17.4 Å². The van der Waals surface area contributed by atoms with Gasteiger partial charge >= 0.3 is 5.97 Å². The molecule has 0 aromatic heterocycles. The lowest BCUT2D eigenvalue weighted by Gasteiger charge is -2.30. The van der Waals surface area contributed by atoms with Crippen molar-refractivity contribution in [1.29, 1.82) is 0 Å². The number of likely N-dealkylation sites (N-methyl/N-ethyl adjacent to an activating group) is 1. The van der Waals surface area contributed by atoms with Crippen LogP contribution < -0.4 is 10.2 Å². The second kappa shape index (κ2) is 66.9. The number of phosphoric acid groups is 1. The molecule has 0 rings (SSSR count). The SMILES string of the molecule is CCCCC/C=C\C/C=C\CCCCCCCCCCCCCCCCCC(=O)NC(COP(=O)([O-])OCC[N+](C)(C)C)C(/C=C/CCCCCCCCCCCCC)OC(=O)CCCCCCCCCCCCCCC/C=C/CCCCCCCC. The summed E-state index contributed by atoms with van der Waals surface area (Å²) >= 11 is 0. The molecule has 512 valence electrons. The fraction of sp³-hybridized carbons (Fsp3) is 0.870. The fourth-order valence-corrected chi connectivity index (χ4v) is 12.1. The molecule has 0 heterocycles. The lowest BCUT2D eigenvalue weighted by molar-refractivity contribution is -0.870. The van der Waals surface area contributed by atoms with Gasteiger partial charge < -0.3 is 28.5 Å². The number of nitrogens with zero attached hydrogens (tertiary/aromatic N) is 1. The summed E-state index contributed by atoms with van der Waals surface area (Å²) in [5, 5.41) is 3.06. The van der Waals surface area contributed by atoms with Gasteiger partial charge in [0.15, 0.2) is 0 Å². The second-order valence-corrected chi connectivity index (χ2v) is 28.6. The summed E-state index contributed by atoms with van der Waals surface area (Å²) in [5.41, 5.74) is 0. The first-order valence-corrected chi connectivity index (χ1v) is 39.4. The number of hydrogen-bond donors (Lipinski definition) is 1. The zero-order valence-electron chi connectivity index (χ0n) is 58.7. The van der Waals surface area contributed by atoms with Crippen molar-refractivity contribution >= 4 is 19.7 Å². The Bertz CT molecular complexity index is 1620. The Labute approximate surface area is 541 Å². The number of amides is 1. The van der Waals surface area contributed by atoms with E-state index in [1.807, 2.05) is 33.3 Å². The van der Waals surface area contributed by atoms with Gasteiger partial charge in [0, 0.05) is 12.8 Å². The highest BCUT2D eigenvalue weighted by Crippen LogP contribution is 2.38. The number of nitrogens with one attached hydrogen (secondary N) is 1. The van der Waals surface area contributed by atoms with Crippen molar-refractivity contribution in [2.75, 3.05) is 40.9 Å². The predicted molar refractivity (Wildman–Crippen MR) is 376 cm³/mol. The minimum atomic E-state index is -4.71. The number of phosphoric ester groups is 1. The zero-order valence-corrected chi connectivity index (χ0v) is 59.6. The Morgan fingerprint density at radius 3 is 1.07 bits per heavy atom. The van der Waals surface area contributed by atoms with Crippen LogP contribution in [0.25, 0.3) is 0 Å². The van der Waals surface area contributed by atoms with E-state index in [2.05, 4.69) is 62.5 Å². The van der Waals surface area contributed by atoms with Gasteiger partial charge in [0.2, 0.25) is 5.91 Å². The first-order valence-electron chi connectivity index (χ1n) is 37.9. The molecule has 0 aliphatic heterocycles. The smallest absolute Gasteiger partial charge is 0.306 e. The monoisotopic (exact) mass is 1240 g/mol. The Morgan fingerprint density at radius 1 is 0.402 bits per heavy atom. The van der Waals surface area contributed by atoms with E-state index >= 15 is 0 Å². The van der Waals surface area contributed by atoms with Crippen molar-refractivity contribution < 1.29 is 37.3 Å². The number of quaternary nitrogens is 1. The quantitative estimate of drug-likeness (QED) is 0.0212. The molecule has 87 heavy (non-hydrogen) atoms. The molecule has 0 aliphatic rings. The van der Waals surface area contributed by atoms with Crippen molar-refractivity contribution in [2.24, 2.45) is 0 Å². The normalized spacial score (nSPS) is 13.7. The van der Waals surface area contributed by atoms with Crippen molar-refractivity contribution in [3.8, 4) is 0 Å². The molecule has 1 amide bonds. The molecule has 0 fully saturated rings. The Morgan fingerprint density at radius 2 is 0.701 bits per heavy atom. The maximum Gasteiger partial charge on any atom is 0.306 e. The van der Waals surface area contributed by atoms with E-state index in [4.69, 9.17) is 13.8 Å². The molecule has 3 unspecified atom stereocenters. The van der Waals surface area contributed by atoms with E-state index < -0.39 is 20.0 Å². The van der Waals surface area contributed by atoms with Gasteiger partial charge in [0.1, 0.15) is 19.3 Å². The summed E-state index contributed by atoms with van der Waals surface area (Å²) in [6.45, 7) is 6.88. The topological polar surface area (TPSA) is 114 Å². The van der Waals surface area contributed by atoms with Crippen molar-refractivity contribution in [3.05, 3.63) is 48.6 Å². The number of esters is 1. The average molecular weight is 1240 g/mol. The van der Waals surface area contributed by atoms with Crippen LogP contribution in [0.3, 0.4) is 0 Å². The third-order valence-electron chi connectivity index (χ3n) is 17.2. The lowest BCUT2D eigenvalue weighted by Crippen LogP contribution is -2.47. The van der Waals surface area contributed by atoms with Crippen LogP contribution in [0.5, 0.6) is 0 Å². The van der Waals surface area contributed by atoms with Gasteiger partial charge in [-0.1, -0.05) is 327 Å². The summed E-state index contributed by atoms with van der Waals surface area (Å²) in [6.07, 6.45) is 85.3. The zero-order chi connectivity index (χ0) is 63.5. The molecule has 0 aromatic carbocycles. The van der Waals surface area contributed by atoms with Crippen LogP contribution in [0, 0.1) is 0 Å². The van der Waals surface area contributed by atoms with Gasteiger partial charge in [-0.15, -0.1) is 0 Å². The molecule has 0 aromatic rings. The maximum absolute atomic E-state index is 13.6. The second-order valence-electron chi connectivity index (χ2n) is 27.1. The van der Waals surface area contributed by atoms with Crippen LogP contribution in [0.15, 0.2) is 48.6 Å². The van der Waals surface area contributed by atoms with E-state index in [1.54, 1.807) is 0 Å². The molecule has 3 atom stereocenters. The standard InChI is InChI=1S/C77H147N2O7P/c1-7-10-13-16-19-22-25-28-30-32-34-36-38-39-41-42-44-46-48-51-54-57-60-63-66-69-76(80)78-74(73-85-87(82,83)84-72-71-79(4,5)6)75(68-65-62-59-56-53-50-27-24-21-18-15-12-9-3)86-77(81)70-67-64-61-58-55-52-49-47-45-43-40-37-35-33-31-29-26-23-20-17-14-11-8-2/h19,22,28-31,65,68,74-75H,7-18,20-21,23-27,32-64,66-67,69-73H2,1-6H3,(H-,78,80,82,83)/b22-19-,30-28-,31-29+,68-65+. The number of ether oxygens (including phenoxy) is 1. The van der Waals surface area contributed by atoms with Crippen LogP contribution in [0.2, 0.25) is 0 Å². The Kier molecular flexibility index (Phi) is 65.3. The van der Waals surface area contributed by atoms with E-state index in [1.165, 1.54) is 283 Å². The van der Waals surface area contributed by atoms with E-state index in [0.717, 1.165) is 64.2 Å². The van der Waals surface area contributed by atoms with Crippen molar-refractivity contribution in [3.63, 3.8) is 0 Å². The van der Waals surface area contributed by atoms with Crippen molar-refractivity contribution in [2.45, 2.75) is 392 Å². The van der Waals surface area contributed by atoms with E-state index in [-0.39, 0.29) is 31.5 Å². The van der Waals surface area contributed by atoms with Crippen LogP contribution in [0.1, 0.15) is 380 Å². The summed E-state index contributed by atoms with van der Waals surface area (Å²) in [4.78, 5) is 40.3. The highest BCUT2D eigenvalue weighted by Gasteiger charge is 2.27. The fourth-order valence-electron chi connectivity index (χ4n) is 11.4. The number of carbonyl (C=O) groups is 2. The molecule has 0 aliphatic carbocycles. The minimum Gasteiger partial charge on any atom is -0.756 e. The Balaban J connectivity index is 5.01. The number of unbranched alkanes of at least 4 members (excludes halogenated alkanes) is 48. The van der Waals surface area contributed by atoms with Gasteiger partial charge in [0.25, 0.3) is 7.82 Å². The molecule has 9 nitrogen and oxygen atoms in total. The third kappa shape index (κ3) is 68.2. The molecule has 1 N–H and O–H groups in total. The first-order chi connectivity index (χ1) is 42.4. The summed E-state index contributed by atoms with van der Waals surface area (Å²) in [6, 6.07) is -0.888. The number of carbonyl (C=O) groups excluding carboxylic acids is 2. The molecule has 0 radical (unpaired) electrons. The van der Waals surface area contributed by atoms with E-state index in [9.17, 15) is 19.0 Å². The van der Waals surface area contributed by atoms with Gasteiger partial charge in [-0.05, 0) is 89.5 Å². The third-order valence-corrected chi connectivity index (χ3v) is 18.2. The van der Waals surface area contributed by atoms with Gasteiger partial charge in [0.05, 0.1) is 33.8 Å². The molecule has 10 heteroatoms. The van der Waals surface area contributed by atoms with Gasteiger partial charge in [-0.2, -0.15) is 0 Å². The Hall–Kier alpha value is -2.03. The lowest BCUT2D eigenvalue weighted by atomic mass is 10.0. The highest BCUT2D eigenvalue weighted by atomic mass is 31.2. The molecular weight excluding hydrogens is 1100 g/mol. The van der Waals surface area contributed by atoms with Gasteiger partial charge in [-0.3, -0.25) is 14.2 Å². The molecule has 0 spiro atoms. The van der Waals surface area contributed by atoms with Crippen LogP contribution in [-0.4, -0.2) is 69.4 Å². The summed E-state index contributed by atoms with van der Waals surface area (Å²) in [5.74, 6) is -0.521. The minimum absolute atomic E-state index is 0.0203. The number of allylic oxidation sites excluding steroid dienone is 7. The van der Waals surface area contributed by atoms with Gasteiger partial charge in [-0.25, -0.2) is 0 Å².